The Bertz CT molecular complexity index is 692. The number of hydrogen-bond donors (Lipinski definition) is 2. The van der Waals surface area contributed by atoms with E-state index in [1.54, 1.807) is 5.57 Å². The van der Waals surface area contributed by atoms with Crippen LogP contribution in [0, 0.1) is 23.2 Å². The molecule has 0 radical (unpaired) electrons. The zero-order chi connectivity index (χ0) is 22.9. The van der Waals surface area contributed by atoms with Crippen LogP contribution in [0.1, 0.15) is 78.6 Å². The smallest absolute Gasteiger partial charge is 0.0602 e. The van der Waals surface area contributed by atoms with E-state index in [0.717, 1.165) is 30.6 Å². The molecule has 0 amide bonds. The van der Waals surface area contributed by atoms with E-state index >= 15 is 0 Å². The van der Waals surface area contributed by atoms with E-state index in [0.29, 0.717) is 17.9 Å². The molecule has 32 heavy (non-hydrogen) atoms. The van der Waals surface area contributed by atoms with E-state index < -0.39 is 0 Å². The highest BCUT2D eigenvalue weighted by Crippen LogP contribution is 2.59. The Hall–Kier alpha value is -0.680. The van der Waals surface area contributed by atoms with Crippen molar-refractivity contribution in [3.63, 3.8) is 0 Å². The van der Waals surface area contributed by atoms with Crippen LogP contribution in [0.25, 0.3) is 0 Å². The number of likely N-dealkylation sites (N-methyl/N-ethyl adjacent to an activating group) is 1. The highest BCUT2D eigenvalue weighted by Gasteiger charge is 2.50. The molecule has 2 N–H and O–H groups in total. The zero-order valence-corrected chi connectivity index (χ0v) is 21.1. The van der Waals surface area contributed by atoms with E-state index in [-0.39, 0.29) is 12.2 Å². The Labute approximate surface area is 196 Å². The van der Waals surface area contributed by atoms with Crippen molar-refractivity contribution in [3.8, 4) is 0 Å². The van der Waals surface area contributed by atoms with Crippen molar-refractivity contribution in [3.05, 3.63) is 23.3 Å². The molecular weight excluding hydrogens is 396 g/mol. The molecule has 0 aromatic rings. The third-order valence-corrected chi connectivity index (χ3v) is 9.64. The monoisotopic (exact) mass is 444 g/mol. The van der Waals surface area contributed by atoms with Crippen molar-refractivity contribution >= 4 is 0 Å². The number of aliphatic hydroxyl groups is 2. The predicted molar refractivity (Wildman–Crippen MR) is 133 cm³/mol. The Kier molecular flexibility index (Phi) is 7.86. The maximum absolute atomic E-state index is 10.0. The first-order valence-electron chi connectivity index (χ1n) is 13.4. The van der Waals surface area contributed by atoms with Crippen LogP contribution in [-0.2, 0) is 0 Å². The second-order valence-electron chi connectivity index (χ2n) is 12.0. The van der Waals surface area contributed by atoms with Crippen LogP contribution in [0.15, 0.2) is 23.3 Å². The standard InChI is InChI=1S/C28H48N2O2/c1-20(11-13-30-15-14-29(4)19-21(30)2)26-9-10-27-23(6-5-12-28(26,27)3)8-7-22-16-24(31)18-25(32)17-22/h7-8,20-21,24-27,31-32H,5-6,9-19H2,1-4H3/b23-8+/t20?,21-,24-,25-,26-,27+,28-/m1/s1. The topological polar surface area (TPSA) is 46.9 Å². The molecule has 3 aliphatic carbocycles. The third-order valence-electron chi connectivity index (χ3n) is 9.64. The average Bonchev–Trinajstić information content (AvgIpc) is 3.08. The molecule has 0 spiro atoms. The van der Waals surface area contributed by atoms with E-state index in [1.165, 1.54) is 70.3 Å². The molecule has 0 bridgehead atoms. The summed E-state index contributed by atoms with van der Waals surface area (Å²) in [4.78, 5) is 5.18. The predicted octanol–water partition coefficient (Wildman–Crippen LogP) is 4.62. The van der Waals surface area contributed by atoms with Gasteiger partial charge < -0.3 is 15.1 Å². The molecule has 182 valence electrons. The molecule has 1 heterocycles. The van der Waals surface area contributed by atoms with Crippen molar-refractivity contribution in [1.29, 1.82) is 0 Å². The van der Waals surface area contributed by atoms with Gasteiger partial charge >= 0.3 is 0 Å². The van der Waals surface area contributed by atoms with E-state index in [4.69, 9.17) is 0 Å². The molecule has 4 fully saturated rings. The molecule has 1 aliphatic heterocycles. The molecule has 1 unspecified atom stereocenters. The van der Waals surface area contributed by atoms with Gasteiger partial charge in [0.2, 0.25) is 0 Å². The second kappa shape index (κ2) is 10.3. The molecule has 7 atom stereocenters. The van der Waals surface area contributed by atoms with Crippen molar-refractivity contribution in [2.24, 2.45) is 23.2 Å². The summed E-state index contributed by atoms with van der Waals surface area (Å²) >= 11 is 0. The first kappa shape index (κ1) is 24.4. The van der Waals surface area contributed by atoms with Gasteiger partial charge in [0.1, 0.15) is 0 Å². The summed E-state index contributed by atoms with van der Waals surface area (Å²) in [6, 6.07) is 0.682. The van der Waals surface area contributed by atoms with Crippen molar-refractivity contribution in [1.82, 2.24) is 9.80 Å². The van der Waals surface area contributed by atoms with Crippen LogP contribution in [0.4, 0.5) is 0 Å². The molecule has 4 aliphatic rings. The molecule has 4 rings (SSSR count). The van der Waals surface area contributed by atoms with Crippen LogP contribution in [0.3, 0.4) is 0 Å². The summed E-state index contributed by atoms with van der Waals surface area (Å²) in [5.74, 6) is 2.35. The Morgan fingerprint density at radius 1 is 1.12 bits per heavy atom. The maximum atomic E-state index is 10.0. The van der Waals surface area contributed by atoms with Crippen LogP contribution in [0.5, 0.6) is 0 Å². The number of hydrogen-bond acceptors (Lipinski definition) is 4. The third kappa shape index (κ3) is 5.35. The molecule has 0 aromatic heterocycles. The lowest BCUT2D eigenvalue weighted by Crippen LogP contribution is -2.50. The Morgan fingerprint density at radius 3 is 2.59 bits per heavy atom. The molecular formula is C28H48N2O2. The zero-order valence-electron chi connectivity index (χ0n) is 21.1. The van der Waals surface area contributed by atoms with Crippen molar-refractivity contribution in [2.45, 2.75) is 96.8 Å². The first-order valence-corrected chi connectivity index (χ1v) is 13.4. The van der Waals surface area contributed by atoms with Gasteiger partial charge in [-0.15, -0.1) is 0 Å². The van der Waals surface area contributed by atoms with Crippen LogP contribution >= 0.6 is 0 Å². The van der Waals surface area contributed by atoms with E-state index in [1.807, 2.05) is 0 Å². The van der Waals surface area contributed by atoms with Crippen LogP contribution in [0.2, 0.25) is 0 Å². The van der Waals surface area contributed by atoms with Gasteiger partial charge in [-0.3, -0.25) is 4.90 Å². The molecule has 4 nitrogen and oxygen atoms in total. The first-order chi connectivity index (χ1) is 15.3. The summed E-state index contributed by atoms with van der Waals surface area (Å²) in [5.41, 5.74) is 3.31. The lowest BCUT2D eigenvalue weighted by molar-refractivity contribution is 0.0608. The molecule has 0 aromatic carbocycles. The van der Waals surface area contributed by atoms with Gasteiger partial charge in [0.05, 0.1) is 12.2 Å². The lowest BCUT2D eigenvalue weighted by atomic mass is 9.61. The maximum Gasteiger partial charge on any atom is 0.0602 e. The fourth-order valence-electron chi connectivity index (χ4n) is 7.82. The van der Waals surface area contributed by atoms with Crippen LogP contribution in [-0.4, -0.2) is 71.5 Å². The number of rotatable bonds is 5. The largest absolute Gasteiger partial charge is 0.393 e. The SMILES string of the molecule is CC(CCN1CCN(C)C[C@H]1C)[C@H]1CC[C@H]2/C(=C/C=C3C[C@@H](O)C[C@H](O)C3)CCC[C@]12C. The average molecular weight is 445 g/mol. The van der Waals surface area contributed by atoms with Gasteiger partial charge in [0, 0.05) is 25.7 Å². The molecule has 4 heteroatoms. The van der Waals surface area contributed by atoms with Crippen molar-refractivity contribution < 1.29 is 10.2 Å². The number of nitrogens with zero attached hydrogens (tertiary/aromatic N) is 2. The van der Waals surface area contributed by atoms with E-state index in [2.05, 4.69) is 49.8 Å². The molecule has 1 saturated heterocycles. The number of fused-ring (bicyclic) bond motifs is 1. The summed E-state index contributed by atoms with van der Waals surface area (Å²) in [5, 5.41) is 20.0. The van der Waals surface area contributed by atoms with Gasteiger partial charge in [-0.05, 0) is 101 Å². The fraction of sp³-hybridized carbons (Fsp3) is 0.857. The lowest BCUT2D eigenvalue weighted by Gasteiger charge is -2.45. The normalized spacial score (nSPS) is 41.6. The highest BCUT2D eigenvalue weighted by molar-refractivity contribution is 5.26. The minimum Gasteiger partial charge on any atom is -0.393 e. The van der Waals surface area contributed by atoms with Gasteiger partial charge in [0.15, 0.2) is 0 Å². The van der Waals surface area contributed by atoms with Gasteiger partial charge in [-0.1, -0.05) is 37.1 Å². The number of allylic oxidation sites excluding steroid dienone is 3. The van der Waals surface area contributed by atoms with Gasteiger partial charge in [-0.2, -0.15) is 0 Å². The minimum absolute atomic E-state index is 0.375. The quantitative estimate of drug-likeness (QED) is 0.649. The highest BCUT2D eigenvalue weighted by atomic mass is 16.3. The summed E-state index contributed by atoms with van der Waals surface area (Å²) < 4.78 is 0. The van der Waals surface area contributed by atoms with Gasteiger partial charge in [0.25, 0.3) is 0 Å². The molecule has 3 saturated carbocycles. The van der Waals surface area contributed by atoms with Gasteiger partial charge in [-0.25, -0.2) is 0 Å². The second-order valence-corrected chi connectivity index (χ2v) is 12.0. The Balaban J connectivity index is 1.38. The minimum atomic E-state index is -0.375. The number of aliphatic hydroxyl groups excluding tert-OH is 2. The summed E-state index contributed by atoms with van der Waals surface area (Å²) in [7, 11) is 2.25. The summed E-state index contributed by atoms with van der Waals surface area (Å²) in [6.07, 6.45) is 13.9. The van der Waals surface area contributed by atoms with E-state index in [9.17, 15) is 10.2 Å². The fourth-order valence-corrected chi connectivity index (χ4v) is 7.82. The Morgan fingerprint density at radius 2 is 1.88 bits per heavy atom. The summed E-state index contributed by atoms with van der Waals surface area (Å²) in [6.45, 7) is 12.4. The van der Waals surface area contributed by atoms with Crippen molar-refractivity contribution in [2.75, 3.05) is 33.2 Å². The van der Waals surface area contributed by atoms with Crippen LogP contribution < -0.4 is 0 Å². The number of piperazine rings is 1.